The van der Waals surface area contributed by atoms with Crippen molar-refractivity contribution < 1.29 is 14.7 Å². The minimum atomic E-state index is -1.14. The molecule has 1 rings (SSSR count). The van der Waals surface area contributed by atoms with Gasteiger partial charge in [-0.25, -0.2) is 4.79 Å². The van der Waals surface area contributed by atoms with Crippen LogP contribution in [0.25, 0.3) is 0 Å². The van der Waals surface area contributed by atoms with Crippen molar-refractivity contribution in [1.82, 2.24) is 0 Å². The fraction of sp³-hybridized carbons (Fsp3) is 0.167. The molecule has 0 unspecified atom stereocenters. The Labute approximate surface area is 93.6 Å². The lowest BCUT2D eigenvalue weighted by atomic mass is 10.1. The van der Waals surface area contributed by atoms with Gasteiger partial charge in [-0.05, 0) is 24.1 Å². The summed E-state index contributed by atoms with van der Waals surface area (Å²) in [4.78, 5) is 21.4. The van der Waals surface area contributed by atoms with Crippen molar-refractivity contribution in [1.29, 1.82) is 0 Å². The van der Waals surface area contributed by atoms with Crippen LogP contribution in [-0.4, -0.2) is 17.0 Å². The molecule has 2 N–H and O–H groups in total. The molecule has 0 radical (unpaired) electrons. The van der Waals surface area contributed by atoms with Gasteiger partial charge in [0.2, 0.25) is 5.91 Å². The number of aliphatic carboxylic acids is 1. The predicted molar refractivity (Wildman–Crippen MR) is 61.2 cm³/mol. The summed E-state index contributed by atoms with van der Waals surface area (Å²) in [7, 11) is 0. The van der Waals surface area contributed by atoms with E-state index in [-0.39, 0.29) is 0 Å². The van der Waals surface area contributed by atoms with Gasteiger partial charge in [0.15, 0.2) is 0 Å². The topological polar surface area (TPSA) is 66.4 Å². The molecular formula is C12H13NO3. The van der Waals surface area contributed by atoms with Gasteiger partial charge in [-0.15, -0.1) is 0 Å². The normalized spacial score (nSPS) is 10.3. The van der Waals surface area contributed by atoms with Crippen LogP contribution in [-0.2, 0) is 16.0 Å². The Hall–Kier alpha value is -2.10. The number of hydrogen-bond donors (Lipinski definition) is 2. The number of amides is 1. The average molecular weight is 219 g/mol. The molecule has 4 nitrogen and oxygen atoms in total. The molecule has 0 spiro atoms. The summed E-state index contributed by atoms with van der Waals surface area (Å²) in [5.74, 6) is -1.59. The molecule has 1 aromatic rings. The molecular weight excluding hydrogens is 206 g/mol. The minimum absolute atomic E-state index is 0.452. The van der Waals surface area contributed by atoms with Crippen molar-refractivity contribution in [3.8, 4) is 0 Å². The van der Waals surface area contributed by atoms with E-state index in [1.165, 1.54) is 5.56 Å². The standard InChI is InChI=1S/C12H13NO3/c1-2-9-3-5-10(6-4-9)13-11(14)7-8-12(15)16/h3-8H,2H2,1H3,(H,13,14)(H,15,16). The van der Waals surface area contributed by atoms with Gasteiger partial charge in [0.05, 0.1) is 0 Å². The van der Waals surface area contributed by atoms with Gasteiger partial charge < -0.3 is 10.4 Å². The van der Waals surface area contributed by atoms with Gasteiger partial charge in [-0.1, -0.05) is 19.1 Å². The molecule has 0 fully saturated rings. The van der Waals surface area contributed by atoms with Gasteiger partial charge in [0.1, 0.15) is 0 Å². The number of carboxylic acid groups (broad SMARTS) is 1. The number of carbonyl (C=O) groups excluding carboxylic acids is 1. The maximum absolute atomic E-state index is 11.2. The highest BCUT2D eigenvalue weighted by Gasteiger charge is 1.98. The quantitative estimate of drug-likeness (QED) is 0.759. The molecule has 0 saturated heterocycles. The van der Waals surface area contributed by atoms with E-state index in [1.807, 2.05) is 19.1 Å². The van der Waals surface area contributed by atoms with Crippen LogP contribution in [0.4, 0.5) is 5.69 Å². The van der Waals surface area contributed by atoms with E-state index in [0.717, 1.165) is 18.6 Å². The Morgan fingerprint density at radius 3 is 2.38 bits per heavy atom. The van der Waals surface area contributed by atoms with Crippen molar-refractivity contribution in [2.24, 2.45) is 0 Å². The van der Waals surface area contributed by atoms with Crippen LogP contribution >= 0.6 is 0 Å². The highest BCUT2D eigenvalue weighted by molar-refractivity contribution is 6.02. The van der Waals surface area contributed by atoms with Crippen molar-refractivity contribution in [2.45, 2.75) is 13.3 Å². The molecule has 0 aliphatic rings. The van der Waals surface area contributed by atoms with Crippen LogP contribution in [0.2, 0.25) is 0 Å². The van der Waals surface area contributed by atoms with Crippen LogP contribution in [0.5, 0.6) is 0 Å². The summed E-state index contributed by atoms with van der Waals surface area (Å²) in [6, 6.07) is 7.39. The largest absolute Gasteiger partial charge is 0.478 e. The third-order valence-electron chi connectivity index (χ3n) is 2.01. The maximum Gasteiger partial charge on any atom is 0.328 e. The Morgan fingerprint density at radius 1 is 1.25 bits per heavy atom. The van der Waals surface area contributed by atoms with Gasteiger partial charge in [-0.3, -0.25) is 4.79 Å². The first-order valence-electron chi connectivity index (χ1n) is 4.92. The molecule has 84 valence electrons. The van der Waals surface area contributed by atoms with Gasteiger partial charge in [0.25, 0.3) is 0 Å². The summed E-state index contributed by atoms with van der Waals surface area (Å²) < 4.78 is 0. The van der Waals surface area contributed by atoms with E-state index in [2.05, 4.69) is 5.32 Å². The molecule has 0 aliphatic heterocycles. The highest BCUT2D eigenvalue weighted by atomic mass is 16.4. The van der Waals surface area contributed by atoms with Crippen molar-refractivity contribution in [2.75, 3.05) is 5.32 Å². The highest BCUT2D eigenvalue weighted by Crippen LogP contribution is 2.09. The van der Waals surface area contributed by atoms with Crippen LogP contribution in [0.3, 0.4) is 0 Å². The lowest BCUT2D eigenvalue weighted by Crippen LogP contribution is -2.08. The van der Waals surface area contributed by atoms with Crippen molar-refractivity contribution in [3.05, 3.63) is 42.0 Å². The third-order valence-corrected chi connectivity index (χ3v) is 2.01. The lowest BCUT2D eigenvalue weighted by molar-refractivity contribution is -0.131. The smallest absolute Gasteiger partial charge is 0.328 e. The van der Waals surface area contributed by atoms with Gasteiger partial charge in [-0.2, -0.15) is 0 Å². The molecule has 16 heavy (non-hydrogen) atoms. The van der Waals surface area contributed by atoms with E-state index in [1.54, 1.807) is 12.1 Å². The second-order valence-corrected chi connectivity index (χ2v) is 3.21. The molecule has 1 aromatic carbocycles. The van der Waals surface area contributed by atoms with Crippen molar-refractivity contribution >= 4 is 17.6 Å². The van der Waals surface area contributed by atoms with Gasteiger partial charge in [0, 0.05) is 17.8 Å². The van der Waals surface area contributed by atoms with E-state index >= 15 is 0 Å². The lowest BCUT2D eigenvalue weighted by Gasteiger charge is -2.02. The zero-order valence-corrected chi connectivity index (χ0v) is 8.93. The monoisotopic (exact) mass is 219 g/mol. The number of hydrogen-bond acceptors (Lipinski definition) is 2. The molecule has 0 bridgehead atoms. The minimum Gasteiger partial charge on any atom is -0.478 e. The van der Waals surface area contributed by atoms with E-state index < -0.39 is 11.9 Å². The first-order valence-corrected chi connectivity index (χ1v) is 4.92. The summed E-state index contributed by atoms with van der Waals surface area (Å²) in [6.45, 7) is 2.04. The molecule has 4 heteroatoms. The Bertz CT molecular complexity index is 407. The molecule has 0 aromatic heterocycles. The number of anilines is 1. The maximum atomic E-state index is 11.2. The number of carboxylic acids is 1. The third kappa shape index (κ3) is 3.96. The first-order chi connectivity index (χ1) is 7.61. The van der Waals surface area contributed by atoms with E-state index in [4.69, 9.17) is 5.11 Å². The second-order valence-electron chi connectivity index (χ2n) is 3.21. The summed E-state index contributed by atoms with van der Waals surface area (Å²) in [5, 5.41) is 10.9. The Balaban J connectivity index is 2.59. The number of aryl methyl sites for hydroxylation is 1. The number of carbonyl (C=O) groups is 2. The van der Waals surface area contributed by atoms with Crippen molar-refractivity contribution in [3.63, 3.8) is 0 Å². The van der Waals surface area contributed by atoms with Crippen LogP contribution in [0.15, 0.2) is 36.4 Å². The zero-order valence-electron chi connectivity index (χ0n) is 8.93. The molecule has 1 amide bonds. The Kier molecular flexibility index (Phi) is 4.27. The number of rotatable bonds is 4. The summed E-state index contributed by atoms with van der Waals surface area (Å²) >= 11 is 0. The number of nitrogens with one attached hydrogen (secondary N) is 1. The molecule has 0 saturated carbocycles. The SMILES string of the molecule is CCc1ccc(NC(=O)C=CC(=O)O)cc1. The molecule has 0 atom stereocenters. The first kappa shape index (κ1) is 12.0. The average Bonchev–Trinajstić information content (AvgIpc) is 2.27. The van der Waals surface area contributed by atoms with Crippen LogP contribution < -0.4 is 5.32 Å². The molecule has 0 aliphatic carbocycles. The van der Waals surface area contributed by atoms with E-state index in [0.29, 0.717) is 5.69 Å². The van der Waals surface area contributed by atoms with Crippen LogP contribution in [0.1, 0.15) is 12.5 Å². The Morgan fingerprint density at radius 2 is 1.88 bits per heavy atom. The zero-order chi connectivity index (χ0) is 12.0. The summed E-state index contributed by atoms with van der Waals surface area (Å²) in [6.07, 6.45) is 2.72. The second kappa shape index (κ2) is 5.70. The van der Waals surface area contributed by atoms with Crippen LogP contribution in [0, 0.1) is 0 Å². The fourth-order valence-corrected chi connectivity index (χ4v) is 1.15. The predicted octanol–water partition coefficient (Wildman–Crippen LogP) is 1.83. The summed E-state index contributed by atoms with van der Waals surface area (Å²) in [5.41, 5.74) is 1.83. The fourth-order valence-electron chi connectivity index (χ4n) is 1.15. The van der Waals surface area contributed by atoms with Gasteiger partial charge >= 0.3 is 5.97 Å². The van der Waals surface area contributed by atoms with E-state index in [9.17, 15) is 9.59 Å². The number of benzene rings is 1. The molecule has 0 heterocycles.